The third-order valence-electron chi connectivity index (χ3n) is 4.00. The first kappa shape index (κ1) is 18.6. The molecule has 0 radical (unpaired) electrons. The van der Waals surface area contributed by atoms with Crippen LogP contribution >= 0.6 is 0 Å². The molecule has 0 fully saturated rings. The van der Waals surface area contributed by atoms with Crippen LogP contribution in [-0.2, 0) is 20.1 Å². The Balaban J connectivity index is 2.05. The maximum atomic E-state index is 11.6. The Kier molecular flexibility index (Phi) is 6.62. The predicted octanol–water partition coefficient (Wildman–Crippen LogP) is 1.98. The molecule has 6 heteroatoms. The lowest BCUT2D eigenvalue weighted by molar-refractivity contribution is 0.0963. The largest absolute Gasteiger partial charge is 0.357 e. The van der Waals surface area contributed by atoms with Crippen molar-refractivity contribution in [3.05, 3.63) is 59.4 Å². The van der Waals surface area contributed by atoms with Gasteiger partial charge in [0.15, 0.2) is 5.96 Å². The third-order valence-corrected chi connectivity index (χ3v) is 4.00. The van der Waals surface area contributed by atoms with Crippen LogP contribution in [0.25, 0.3) is 0 Å². The van der Waals surface area contributed by atoms with Crippen LogP contribution in [0.2, 0.25) is 0 Å². The average Bonchev–Trinajstić information content (AvgIpc) is 3.03. The number of amides is 1. The summed E-state index contributed by atoms with van der Waals surface area (Å²) >= 11 is 0. The molecule has 1 heterocycles. The van der Waals surface area contributed by atoms with Gasteiger partial charge in [-0.3, -0.25) is 4.79 Å². The highest BCUT2D eigenvalue weighted by molar-refractivity contribution is 5.93. The van der Waals surface area contributed by atoms with Gasteiger partial charge < -0.3 is 20.1 Å². The molecule has 0 unspecified atom stereocenters. The van der Waals surface area contributed by atoms with E-state index in [2.05, 4.69) is 33.1 Å². The Morgan fingerprint density at radius 2 is 1.96 bits per heavy atom. The van der Waals surface area contributed by atoms with Crippen LogP contribution in [0.4, 0.5) is 0 Å². The number of aromatic nitrogens is 1. The van der Waals surface area contributed by atoms with E-state index in [9.17, 15) is 4.79 Å². The topological polar surface area (TPSA) is 61.7 Å². The van der Waals surface area contributed by atoms with Gasteiger partial charge in [0.05, 0.1) is 13.1 Å². The quantitative estimate of drug-likeness (QED) is 0.624. The standard InChI is InChI=1S/C19H27N5O/c1-5-21-19(24(4)14-17-7-6-12-23(17)3)22-13-15-8-10-16(11-9-15)18(25)20-2/h6-12H,5,13-14H2,1-4H3,(H,20,25)(H,21,22). The van der Waals surface area contributed by atoms with Crippen LogP contribution in [0.15, 0.2) is 47.6 Å². The number of nitrogens with zero attached hydrogens (tertiary/aromatic N) is 3. The zero-order chi connectivity index (χ0) is 18.2. The molecule has 2 N–H and O–H groups in total. The molecule has 0 atom stereocenters. The molecule has 2 aromatic rings. The summed E-state index contributed by atoms with van der Waals surface area (Å²) in [6.07, 6.45) is 2.04. The van der Waals surface area contributed by atoms with E-state index >= 15 is 0 Å². The minimum atomic E-state index is -0.0781. The lowest BCUT2D eigenvalue weighted by atomic mass is 10.1. The molecule has 0 saturated carbocycles. The number of carbonyl (C=O) groups excluding carboxylic acids is 1. The van der Waals surface area contributed by atoms with E-state index in [1.54, 1.807) is 7.05 Å². The maximum Gasteiger partial charge on any atom is 0.251 e. The predicted molar refractivity (Wildman–Crippen MR) is 102 cm³/mol. The SMILES string of the molecule is CCNC(=NCc1ccc(C(=O)NC)cc1)N(C)Cc1cccn1C. The minimum absolute atomic E-state index is 0.0781. The summed E-state index contributed by atoms with van der Waals surface area (Å²) in [4.78, 5) is 18.4. The van der Waals surface area contributed by atoms with Gasteiger partial charge in [-0.25, -0.2) is 4.99 Å². The second-order valence-corrected chi connectivity index (χ2v) is 5.91. The Bertz CT molecular complexity index is 718. The number of hydrogen-bond donors (Lipinski definition) is 2. The number of aryl methyl sites for hydroxylation is 1. The number of aliphatic imine (C=N–C) groups is 1. The smallest absolute Gasteiger partial charge is 0.251 e. The number of rotatable bonds is 6. The van der Waals surface area contributed by atoms with Crippen molar-refractivity contribution < 1.29 is 4.79 Å². The van der Waals surface area contributed by atoms with Crippen LogP contribution < -0.4 is 10.6 Å². The second-order valence-electron chi connectivity index (χ2n) is 5.91. The first-order valence-electron chi connectivity index (χ1n) is 8.45. The average molecular weight is 341 g/mol. The van der Waals surface area contributed by atoms with Crippen LogP contribution in [0, 0.1) is 0 Å². The highest BCUT2D eigenvalue weighted by Crippen LogP contribution is 2.07. The first-order valence-corrected chi connectivity index (χ1v) is 8.45. The fraction of sp³-hybridized carbons (Fsp3) is 0.368. The fourth-order valence-electron chi connectivity index (χ4n) is 2.52. The van der Waals surface area contributed by atoms with Gasteiger partial charge >= 0.3 is 0 Å². The molecule has 1 aromatic carbocycles. The zero-order valence-electron chi connectivity index (χ0n) is 15.4. The van der Waals surface area contributed by atoms with Gasteiger partial charge in [0.1, 0.15) is 0 Å². The monoisotopic (exact) mass is 341 g/mol. The Morgan fingerprint density at radius 1 is 1.24 bits per heavy atom. The molecule has 0 aliphatic rings. The molecule has 2 rings (SSSR count). The molecule has 25 heavy (non-hydrogen) atoms. The summed E-state index contributed by atoms with van der Waals surface area (Å²) in [6, 6.07) is 11.7. The van der Waals surface area contributed by atoms with Crippen LogP contribution in [0.5, 0.6) is 0 Å². The molecule has 1 amide bonds. The lowest BCUT2D eigenvalue weighted by Gasteiger charge is -2.22. The minimum Gasteiger partial charge on any atom is -0.357 e. The molecule has 134 valence electrons. The number of carbonyl (C=O) groups is 1. The van der Waals surface area contributed by atoms with Crippen LogP contribution in [0.3, 0.4) is 0 Å². The van der Waals surface area contributed by atoms with E-state index in [0.717, 1.165) is 24.6 Å². The fourth-order valence-corrected chi connectivity index (χ4v) is 2.52. The molecule has 0 bridgehead atoms. The lowest BCUT2D eigenvalue weighted by Crippen LogP contribution is -2.38. The molecule has 1 aromatic heterocycles. The van der Waals surface area contributed by atoms with Crippen molar-refractivity contribution in [2.75, 3.05) is 20.6 Å². The van der Waals surface area contributed by atoms with Crippen LogP contribution in [-0.4, -0.2) is 42.0 Å². The molecule has 0 saturated heterocycles. The van der Waals surface area contributed by atoms with Crippen molar-refractivity contribution in [1.82, 2.24) is 20.1 Å². The van der Waals surface area contributed by atoms with Gasteiger partial charge in [0.2, 0.25) is 0 Å². The van der Waals surface area contributed by atoms with E-state index in [1.165, 1.54) is 5.69 Å². The van der Waals surface area contributed by atoms with E-state index in [-0.39, 0.29) is 5.91 Å². The molecule has 6 nitrogen and oxygen atoms in total. The van der Waals surface area contributed by atoms with Gasteiger partial charge in [0.25, 0.3) is 5.91 Å². The maximum absolute atomic E-state index is 11.6. The molecular formula is C19H27N5O. The van der Waals surface area contributed by atoms with Crippen molar-refractivity contribution in [3.63, 3.8) is 0 Å². The third kappa shape index (κ3) is 5.11. The van der Waals surface area contributed by atoms with E-state index < -0.39 is 0 Å². The van der Waals surface area contributed by atoms with Gasteiger partial charge in [-0.15, -0.1) is 0 Å². The van der Waals surface area contributed by atoms with Gasteiger partial charge in [-0.05, 0) is 36.8 Å². The summed E-state index contributed by atoms with van der Waals surface area (Å²) in [6.45, 7) is 4.22. The van der Waals surface area contributed by atoms with Gasteiger partial charge in [-0.2, -0.15) is 0 Å². The first-order chi connectivity index (χ1) is 12.0. The number of benzene rings is 1. The molecular weight excluding hydrogens is 314 g/mol. The van der Waals surface area contributed by atoms with Gasteiger partial charge in [-0.1, -0.05) is 12.1 Å². The summed E-state index contributed by atoms with van der Waals surface area (Å²) in [5.74, 6) is 0.782. The zero-order valence-corrected chi connectivity index (χ0v) is 15.4. The van der Waals surface area contributed by atoms with Crippen molar-refractivity contribution in [2.24, 2.45) is 12.0 Å². The Labute approximate surface area is 149 Å². The number of guanidine groups is 1. The Morgan fingerprint density at radius 3 is 2.52 bits per heavy atom. The van der Waals surface area contributed by atoms with E-state index in [4.69, 9.17) is 4.99 Å². The summed E-state index contributed by atoms with van der Waals surface area (Å²) < 4.78 is 2.11. The summed E-state index contributed by atoms with van der Waals surface area (Å²) in [7, 11) is 5.70. The number of nitrogens with one attached hydrogen (secondary N) is 2. The van der Waals surface area contributed by atoms with Crippen molar-refractivity contribution in [3.8, 4) is 0 Å². The molecule has 0 aliphatic carbocycles. The summed E-state index contributed by atoms with van der Waals surface area (Å²) in [5.41, 5.74) is 2.95. The van der Waals surface area contributed by atoms with Gasteiger partial charge in [0, 0.05) is 45.1 Å². The normalized spacial score (nSPS) is 11.3. The highest BCUT2D eigenvalue weighted by atomic mass is 16.1. The molecule has 0 aliphatic heterocycles. The second kappa shape index (κ2) is 8.92. The van der Waals surface area contributed by atoms with Crippen molar-refractivity contribution in [2.45, 2.75) is 20.0 Å². The highest BCUT2D eigenvalue weighted by Gasteiger charge is 2.08. The van der Waals surface area contributed by atoms with E-state index in [1.807, 2.05) is 50.6 Å². The van der Waals surface area contributed by atoms with Crippen molar-refractivity contribution in [1.29, 1.82) is 0 Å². The van der Waals surface area contributed by atoms with Crippen LogP contribution in [0.1, 0.15) is 28.5 Å². The van der Waals surface area contributed by atoms with E-state index in [0.29, 0.717) is 12.1 Å². The number of hydrogen-bond acceptors (Lipinski definition) is 2. The summed E-state index contributed by atoms with van der Waals surface area (Å²) in [5, 5.41) is 5.95. The van der Waals surface area contributed by atoms with Crippen molar-refractivity contribution >= 4 is 11.9 Å². The molecule has 0 spiro atoms. The Hall–Kier alpha value is -2.76.